The number of nitrogens with zero attached hydrogens (tertiary/aromatic N) is 3. The molecular formula is C23H38N4O8S. The molecule has 0 amide bonds. The highest BCUT2D eigenvalue weighted by Crippen LogP contribution is 2.26. The van der Waals surface area contributed by atoms with Crippen LogP contribution in [0.2, 0.25) is 0 Å². The first-order valence-electron chi connectivity index (χ1n) is 12.1. The Labute approximate surface area is 216 Å². The van der Waals surface area contributed by atoms with E-state index < -0.39 is 36.2 Å². The Morgan fingerprint density at radius 1 is 1.06 bits per heavy atom. The monoisotopic (exact) mass is 530 g/mol. The molecule has 1 fully saturated rings. The number of aromatic nitrogens is 2. The Morgan fingerprint density at radius 2 is 1.69 bits per heavy atom. The number of carbonyl (C=O) groups is 3. The quantitative estimate of drug-likeness (QED) is 0.293. The molecular weight excluding hydrogens is 492 g/mol. The van der Waals surface area contributed by atoms with Gasteiger partial charge in [0.1, 0.15) is 12.7 Å². The molecule has 3 atom stereocenters. The number of hydrogen-bond acceptors (Lipinski definition) is 13. The van der Waals surface area contributed by atoms with Crippen molar-refractivity contribution in [1.29, 1.82) is 0 Å². The number of anilines is 1. The van der Waals surface area contributed by atoms with Gasteiger partial charge in [-0.25, -0.2) is 9.59 Å². The minimum Gasteiger partial charge on any atom is -0.470 e. The van der Waals surface area contributed by atoms with Crippen molar-refractivity contribution in [2.75, 3.05) is 44.4 Å². The van der Waals surface area contributed by atoms with Gasteiger partial charge in [-0.3, -0.25) is 4.79 Å². The van der Waals surface area contributed by atoms with Crippen LogP contribution in [-0.2, 0) is 33.3 Å². The van der Waals surface area contributed by atoms with Crippen LogP contribution in [0.1, 0.15) is 54.4 Å². The zero-order valence-electron chi connectivity index (χ0n) is 21.9. The van der Waals surface area contributed by atoms with Gasteiger partial charge in [-0.05, 0) is 41.0 Å². The molecule has 2 heterocycles. The lowest BCUT2D eigenvalue weighted by Crippen LogP contribution is -2.45. The highest BCUT2D eigenvalue weighted by atomic mass is 32.1. The molecule has 13 heteroatoms. The Morgan fingerprint density at radius 3 is 2.33 bits per heavy atom. The number of hydrogen-bond donors (Lipinski definition) is 1. The molecule has 0 spiro atoms. The molecule has 1 N–H and O–H groups in total. The number of carbonyl (C=O) groups excluding carboxylic acids is 3. The minimum atomic E-state index is -1.20. The summed E-state index contributed by atoms with van der Waals surface area (Å²) in [6.07, 6.45) is -2.24. The Hall–Kier alpha value is -2.51. The topological polar surface area (TPSA) is 138 Å². The maximum Gasteiger partial charge on any atom is 0.347 e. The second-order valence-electron chi connectivity index (χ2n) is 9.45. The zero-order valence-corrected chi connectivity index (χ0v) is 22.7. The Balaban J connectivity index is 1.96. The molecule has 0 unspecified atom stereocenters. The second-order valence-corrected chi connectivity index (χ2v) is 9.98. The van der Waals surface area contributed by atoms with Crippen LogP contribution in [-0.4, -0.2) is 90.0 Å². The predicted octanol–water partition coefficient (Wildman–Crippen LogP) is 1.72. The van der Waals surface area contributed by atoms with E-state index >= 15 is 0 Å². The van der Waals surface area contributed by atoms with Crippen molar-refractivity contribution in [3.63, 3.8) is 0 Å². The molecule has 1 aliphatic heterocycles. The Kier molecular flexibility index (Phi) is 11.8. The second kappa shape index (κ2) is 14.3. The molecule has 0 aromatic carbocycles. The maximum absolute atomic E-state index is 12.7. The van der Waals surface area contributed by atoms with Gasteiger partial charge in [-0.15, -0.1) is 4.37 Å². The molecule has 0 radical (unpaired) electrons. The van der Waals surface area contributed by atoms with E-state index in [-0.39, 0.29) is 18.6 Å². The number of morpholine rings is 1. The highest BCUT2D eigenvalue weighted by Gasteiger charge is 2.29. The smallest absolute Gasteiger partial charge is 0.347 e. The van der Waals surface area contributed by atoms with Crippen molar-refractivity contribution >= 4 is 35.5 Å². The SMILES string of the molecule is CCCC(=O)O[C@@H](C)C(=O)O[C@@H](C)C(=O)O[C@@H](CNC(C)(C)C)COc1nsnc1N1CCOCC1. The van der Waals surface area contributed by atoms with E-state index in [0.717, 1.165) is 11.7 Å². The molecule has 36 heavy (non-hydrogen) atoms. The summed E-state index contributed by atoms with van der Waals surface area (Å²) in [6.45, 7) is 13.4. The average Bonchev–Trinajstić information content (AvgIpc) is 3.29. The summed E-state index contributed by atoms with van der Waals surface area (Å²) in [4.78, 5) is 38.6. The molecule has 0 aliphatic carbocycles. The number of esters is 3. The lowest BCUT2D eigenvalue weighted by Gasteiger charge is -2.28. The van der Waals surface area contributed by atoms with Crippen LogP contribution in [0.4, 0.5) is 5.82 Å². The largest absolute Gasteiger partial charge is 0.470 e. The van der Waals surface area contributed by atoms with Crippen LogP contribution in [0.25, 0.3) is 0 Å². The summed E-state index contributed by atoms with van der Waals surface area (Å²) in [5.41, 5.74) is -0.234. The molecule has 12 nitrogen and oxygen atoms in total. The van der Waals surface area contributed by atoms with Gasteiger partial charge in [0.15, 0.2) is 12.2 Å². The van der Waals surface area contributed by atoms with Gasteiger partial charge < -0.3 is 33.9 Å². The third-order valence-electron chi connectivity index (χ3n) is 5.02. The van der Waals surface area contributed by atoms with Crippen LogP contribution >= 0.6 is 11.7 Å². The summed E-state index contributed by atoms with van der Waals surface area (Å²) in [5.74, 6) is -1.08. The van der Waals surface area contributed by atoms with Gasteiger partial charge in [0.25, 0.3) is 5.88 Å². The molecule has 1 aliphatic rings. The van der Waals surface area contributed by atoms with Gasteiger partial charge in [0.2, 0.25) is 5.82 Å². The van der Waals surface area contributed by atoms with Crippen molar-refractivity contribution < 1.29 is 38.1 Å². The highest BCUT2D eigenvalue weighted by molar-refractivity contribution is 6.99. The first-order valence-corrected chi connectivity index (χ1v) is 12.9. The fourth-order valence-electron chi connectivity index (χ4n) is 3.05. The first-order chi connectivity index (χ1) is 17.0. The van der Waals surface area contributed by atoms with Gasteiger partial charge in [0.05, 0.1) is 24.9 Å². The normalized spacial score (nSPS) is 16.6. The van der Waals surface area contributed by atoms with Crippen molar-refractivity contribution in [2.45, 2.75) is 78.2 Å². The van der Waals surface area contributed by atoms with E-state index in [1.807, 2.05) is 32.6 Å². The third kappa shape index (κ3) is 10.2. The fraction of sp³-hybridized carbons (Fsp3) is 0.783. The summed E-state index contributed by atoms with van der Waals surface area (Å²) in [5, 5.41) is 3.28. The van der Waals surface area contributed by atoms with Crippen molar-refractivity contribution in [2.24, 2.45) is 0 Å². The van der Waals surface area contributed by atoms with Crippen LogP contribution in [0.5, 0.6) is 5.88 Å². The summed E-state index contributed by atoms with van der Waals surface area (Å²) in [7, 11) is 0. The van der Waals surface area contributed by atoms with E-state index in [4.69, 9.17) is 23.7 Å². The summed E-state index contributed by atoms with van der Waals surface area (Å²) < 4.78 is 35.6. The molecule has 1 aromatic heterocycles. The van der Waals surface area contributed by atoms with Gasteiger partial charge in [-0.2, -0.15) is 4.37 Å². The van der Waals surface area contributed by atoms with E-state index in [1.54, 1.807) is 0 Å². The fourth-order valence-corrected chi connectivity index (χ4v) is 3.57. The minimum absolute atomic E-state index is 0.0171. The van der Waals surface area contributed by atoms with Gasteiger partial charge in [-0.1, -0.05) is 6.92 Å². The van der Waals surface area contributed by atoms with Crippen molar-refractivity contribution in [3.8, 4) is 5.88 Å². The molecule has 1 aromatic rings. The lowest BCUT2D eigenvalue weighted by atomic mass is 10.1. The first kappa shape index (κ1) is 29.7. The predicted molar refractivity (Wildman–Crippen MR) is 132 cm³/mol. The third-order valence-corrected chi connectivity index (χ3v) is 5.52. The van der Waals surface area contributed by atoms with Gasteiger partial charge >= 0.3 is 17.9 Å². The number of rotatable bonds is 13. The maximum atomic E-state index is 12.7. The summed E-state index contributed by atoms with van der Waals surface area (Å²) >= 11 is 1.04. The number of ether oxygens (including phenoxy) is 5. The van der Waals surface area contributed by atoms with Crippen molar-refractivity contribution in [1.82, 2.24) is 14.1 Å². The van der Waals surface area contributed by atoms with Gasteiger partial charge in [0, 0.05) is 31.6 Å². The van der Waals surface area contributed by atoms with E-state index in [2.05, 4.69) is 14.1 Å². The molecule has 0 bridgehead atoms. The van der Waals surface area contributed by atoms with Crippen LogP contribution in [0.3, 0.4) is 0 Å². The van der Waals surface area contributed by atoms with Crippen molar-refractivity contribution in [3.05, 3.63) is 0 Å². The lowest BCUT2D eigenvalue weighted by molar-refractivity contribution is -0.179. The standard InChI is InChI=1S/C23H38N4O8S/c1-7-8-18(28)33-15(2)21(29)34-16(3)22(30)35-17(13-24-23(4,5)6)14-32-20-19(25-36-26-20)27-9-11-31-12-10-27/h15-17,24H,7-14H2,1-6H3/t15-,16-,17-/m0/s1. The van der Waals surface area contributed by atoms with E-state index in [1.165, 1.54) is 13.8 Å². The molecule has 0 saturated carbocycles. The number of nitrogens with one attached hydrogen (secondary N) is 1. The van der Waals surface area contributed by atoms with Crippen LogP contribution < -0.4 is 15.0 Å². The molecule has 204 valence electrons. The van der Waals surface area contributed by atoms with Crippen LogP contribution in [0.15, 0.2) is 0 Å². The molecule has 2 rings (SSSR count). The average molecular weight is 531 g/mol. The van der Waals surface area contributed by atoms with E-state index in [0.29, 0.717) is 51.0 Å². The summed E-state index contributed by atoms with van der Waals surface area (Å²) in [6, 6.07) is 0. The zero-order chi connectivity index (χ0) is 26.7. The van der Waals surface area contributed by atoms with E-state index in [9.17, 15) is 14.4 Å². The Bertz CT molecular complexity index is 853. The van der Waals surface area contributed by atoms with Crippen LogP contribution in [0, 0.1) is 0 Å². The molecule has 1 saturated heterocycles.